The van der Waals surface area contributed by atoms with Gasteiger partial charge in [0.2, 0.25) is 5.91 Å². The standard InChI is InChI=1S/C26H32N2O5/c1-17(2)28(15-23(29)30)24(31)26(3,4)13-14-27-25(32)33-16-22-20-11-7-5-9-18(20)19-10-6-8-12-21(19)22/h5-12,17,22H,13-16H2,1-4H3,(H,27,32)(H,29,30). The van der Waals surface area contributed by atoms with Gasteiger partial charge < -0.3 is 20.1 Å². The number of nitrogens with zero attached hydrogens (tertiary/aromatic N) is 1. The van der Waals surface area contributed by atoms with E-state index in [-0.39, 0.29) is 37.6 Å². The molecule has 0 radical (unpaired) electrons. The Balaban J connectivity index is 1.54. The van der Waals surface area contributed by atoms with Gasteiger partial charge in [-0.1, -0.05) is 62.4 Å². The Hall–Kier alpha value is -3.35. The smallest absolute Gasteiger partial charge is 0.407 e. The zero-order valence-electron chi connectivity index (χ0n) is 19.6. The third-order valence-electron chi connectivity index (χ3n) is 6.13. The van der Waals surface area contributed by atoms with Crippen molar-refractivity contribution < 1.29 is 24.2 Å². The Morgan fingerprint density at radius 3 is 2.09 bits per heavy atom. The molecule has 0 aromatic heterocycles. The summed E-state index contributed by atoms with van der Waals surface area (Å²) < 4.78 is 5.53. The minimum atomic E-state index is -1.05. The minimum Gasteiger partial charge on any atom is -0.480 e. The molecule has 0 saturated heterocycles. The Labute approximate surface area is 194 Å². The molecule has 0 saturated carbocycles. The van der Waals surface area contributed by atoms with Crippen molar-refractivity contribution in [3.8, 4) is 11.1 Å². The summed E-state index contributed by atoms with van der Waals surface area (Å²) in [6.07, 6.45) is -0.176. The highest BCUT2D eigenvalue weighted by atomic mass is 16.5. The molecule has 1 aliphatic carbocycles. The van der Waals surface area contributed by atoms with Crippen LogP contribution in [0, 0.1) is 5.41 Å². The Morgan fingerprint density at radius 2 is 1.58 bits per heavy atom. The molecule has 0 atom stereocenters. The first-order valence-corrected chi connectivity index (χ1v) is 11.2. The van der Waals surface area contributed by atoms with Crippen molar-refractivity contribution in [2.75, 3.05) is 19.7 Å². The van der Waals surface area contributed by atoms with E-state index in [4.69, 9.17) is 9.84 Å². The molecule has 1 aliphatic rings. The number of hydrogen-bond donors (Lipinski definition) is 2. The number of rotatable bonds is 9. The highest BCUT2D eigenvalue weighted by Gasteiger charge is 2.34. The number of carbonyl (C=O) groups is 3. The number of carboxylic acids is 1. The third kappa shape index (κ3) is 5.53. The number of ether oxygens (including phenoxy) is 1. The maximum Gasteiger partial charge on any atom is 0.407 e. The first-order chi connectivity index (χ1) is 15.6. The van der Waals surface area contributed by atoms with Crippen LogP contribution in [-0.4, -0.2) is 53.7 Å². The minimum absolute atomic E-state index is 0.0169. The Kier molecular flexibility index (Phi) is 7.41. The number of aliphatic carboxylic acids is 1. The van der Waals surface area contributed by atoms with Crippen LogP contribution < -0.4 is 5.32 Å². The molecule has 0 unspecified atom stereocenters. The molecule has 33 heavy (non-hydrogen) atoms. The number of benzene rings is 2. The molecule has 2 aromatic rings. The van der Waals surface area contributed by atoms with Gasteiger partial charge in [-0.3, -0.25) is 9.59 Å². The molecular formula is C26H32N2O5. The van der Waals surface area contributed by atoms with Crippen LogP contribution in [0.4, 0.5) is 4.79 Å². The van der Waals surface area contributed by atoms with Gasteiger partial charge in [-0.2, -0.15) is 0 Å². The number of carboxylic acid groups (broad SMARTS) is 1. The van der Waals surface area contributed by atoms with Crippen LogP contribution in [0.15, 0.2) is 48.5 Å². The second-order valence-electron chi connectivity index (χ2n) is 9.31. The summed E-state index contributed by atoms with van der Waals surface area (Å²) in [5.41, 5.74) is 3.80. The number of nitrogens with one attached hydrogen (secondary N) is 1. The lowest BCUT2D eigenvalue weighted by Gasteiger charge is -2.33. The molecule has 0 fully saturated rings. The number of carbonyl (C=O) groups excluding carboxylic acids is 2. The average molecular weight is 453 g/mol. The maximum atomic E-state index is 12.9. The predicted molar refractivity (Wildman–Crippen MR) is 126 cm³/mol. The van der Waals surface area contributed by atoms with Crippen LogP contribution >= 0.6 is 0 Å². The van der Waals surface area contributed by atoms with Crippen LogP contribution in [0.5, 0.6) is 0 Å². The number of hydrogen-bond acceptors (Lipinski definition) is 4. The quantitative estimate of drug-likeness (QED) is 0.593. The van der Waals surface area contributed by atoms with Crippen LogP contribution in [-0.2, 0) is 14.3 Å². The summed E-state index contributed by atoms with van der Waals surface area (Å²) in [4.78, 5) is 37.7. The van der Waals surface area contributed by atoms with Gasteiger partial charge in [-0.05, 0) is 42.5 Å². The van der Waals surface area contributed by atoms with Gasteiger partial charge in [-0.15, -0.1) is 0 Å². The van der Waals surface area contributed by atoms with E-state index in [1.165, 1.54) is 16.0 Å². The van der Waals surface area contributed by atoms with E-state index in [2.05, 4.69) is 29.6 Å². The molecule has 3 rings (SSSR count). The highest BCUT2D eigenvalue weighted by Crippen LogP contribution is 2.44. The summed E-state index contributed by atoms with van der Waals surface area (Å²) >= 11 is 0. The molecule has 0 bridgehead atoms. The molecule has 7 nitrogen and oxygen atoms in total. The van der Waals surface area contributed by atoms with Gasteiger partial charge in [0.25, 0.3) is 0 Å². The van der Waals surface area contributed by atoms with E-state index in [1.54, 1.807) is 27.7 Å². The van der Waals surface area contributed by atoms with Crippen LogP contribution in [0.2, 0.25) is 0 Å². The van der Waals surface area contributed by atoms with Crippen LogP contribution in [0.25, 0.3) is 11.1 Å². The average Bonchev–Trinajstić information content (AvgIpc) is 3.09. The molecule has 0 aliphatic heterocycles. The molecule has 0 heterocycles. The first-order valence-electron chi connectivity index (χ1n) is 11.2. The van der Waals surface area contributed by atoms with Gasteiger partial charge in [0, 0.05) is 23.9 Å². The molecule has 7 heteroatoms. The first kappa shape index (κ1) is 24.3. The predicted octanol–water partition coefficient (Wildman–Crippen LogP) is 4.26. The van der Waals surface area contributed by atoms with Crippen molar-refractivity contribution in [2.24, 2.45) is 5.41 Å². The lowest BCUT2D eigenvalue weighted by atomic mass is 9.87. The fourth-order valence-electron chi connectivity index (χ4n) is 4.26. The summed E-state index contributed by atoms with van der Waals surface area (Å²) in [5.74, 6) is -1.32. The summed E-state index contributed by atoms with van der Waals surface area (Å²) in [6.45, 7) is 7.20. The molecule has 176 valence electrons. The van der Waals surface area contributed by atoms with E-state index in [9.17, 15) is 14.4 Å². The normalized spacial score (nSPS) is 12.8. The fraction of sp³-hybridized carbons (Fsp3) is 0.423. The second-order valence-corrected chi connectivity index (χ2v) is 9.31. The van der Waals surface area contributed by atoms with Crippen LogP contribution in [0.1, 0.15) is 51.2 Å². The lowest BCUT2D eigenvalue weighted by molar-refractivity contribution is -0.150. The monoisotopic (exact) mass is 452 g/mol. The van der Waals surface area contributed by atoms with Gasteiger partial charge in [0.1, 0.15) is 13.2 Å². The van der Waals surface area contributed by atoms with Gasteiger partial charge in [0.15, 0.2) is 0 Å². The van der Waals surface area contributed by atoms with E-state index >= 15 is 0 Å². The number of alkyl carbamates (subject to hydrolysis) is 1. The van der Waals surface area contributed by atoms with E-state index < -0.39 is 17.5 Å². The topological polar surface area (TPSA) is 95.9 Å². The van der Waals surface area contributed by atoms with Crippen molar-refractivity contribution in [1.82, 2.24) is 10.2 Å². The van der Waals surface area contributed by atoms with E-state index in [0.29, 0.717) is 6.42 Å². The third-order valence-corrected chi connectivity index (χ3v) is 6.13. The van der Waals surface area contributed by atoms with Crippen LogP contribution in [0.3, 0.4) is 0 Å². The fourth-order valence-corrected chi connectivity index (χ4v) is 4.26. The largest absolute Gasteiger partial charge is 0.480 e. The zero-order valence-corrected chi connectivity index (χ0v) is 19.6. The van der Waals surface area contributed by atoms with E-state index in [1.807, 2.05) is 24.3 Å². The summed E-state index contributed by atoms with van der Waals surface area (Å²) in [7, 11) is 0. The van der Waals surface area contributed by atoms with Crippen molar-refractivity contribution in [3.05, 3.63) is 59.7 Å². The summed E-state index contributed by atoms with van der Waals surface area (Å²) in [5, 5.41) is 11.8. The van der Waals surface area contributed by atoms with Crippen molar-refractivity contribution >= 4 is 18.0 Å². The van der Waals surface area contributed by atoms with E-state index in [0.717, 1.165) is 11.1 Å². The lowest BCUT2D eigenvalue weighted by Crippen LogP contribution is -2.48. The van der Waals surface area contributed by atoms with Gasteiger partial charge in [-0.25, -0.2) is 4.79 Å². The van der Waals surface area contributed by atoms with Gasteiger partial charge >= 0.3 is 12.1 Å². The maximum absolute atomic E-state index is 12.9. The molecular weight excluding hydrogens is 420 g/mol. The molecule has 0 spiro atoms. The molecule has 2 aromatic carbocycles. The second kappa shape index (κ2) is 10.1. The SMILES string of the molecule is CC(C)N(CC(=O)O)C(=O)C(C)(C)CCNC(=O)OCC1c2ccccc2-c2ccccc21. The Morgan fingerprint density at radius 1 is 1.03 bits per heavy atom. The highest BCUT2D eigenvalue weighted by molar-refractivity contribution is 5.85. The van der Waals surface area contributed by atoms with Crippen molar-refractivity contribution in [1.29, 1.82) is 0 Å². The molecule has 2 N–H and O–H groups in total. The number of amides is 2. The summed E-state index contributed by atoms with van der Waals surface area (Å²) in [6, 6.07) is 16.0. The number of fused-ring (bicyclic) bond motifs is 3. The molecule has 2 amide bonds. The zero-order chi connectivity index (χ0) is 24.2. The Bertz CT molecular complexity index is 985. The van der Waals surface area contributed by atoms with Crippen molar-refractivity contribution in [2.45, 2.75) is 46.1 Å². The van der Waals surface area contributed by atoms with Gasteiger partial charge in [0.05, 0.1) is 0 Å². The van der Waals surface area contributed by atoms with Crippen molar-refractivity contribution in [3.63, 3.8) is 0 Å².